The van der Waals surface area contributed by atoms with Crippen LogP contribution in [0.1, 0.15) is 33.3 Å². The van der Waals surface area contributed by atoms with Gasteiger partial charge >= 0.3 is 5.97 Å². The van der Waals surface area contributed by atoms with Crippen molar-refractivity contribution >= 4 is 33.9 Å². The molecule has 1 aromatic carbocycles. The Morgan fingerprint density at radius 2 is 2.04 bits per heavy atom. The third kappa shape index (κ3) is 4.37. The van der Waals surface area contributed by atoms with Crippen LogP contribution in [0.15, 0.2) is 24.3 Å². The molecule has 0 spiro atoms. The van der Waals surface area contributed by atoms with Crippen LogP contribution >= 0.6 is 11.3 Å². The summed E-state index contributed by atoms with van der Waals surface area (Å²) in [5, 5.41) is 14.1. The molecule has 3 rings (SSSR count). The second-order valence-electron chi connectivity index (χ2n) is 6.56. The number of anilines is 1. The number of hydrogen-bond donors (Lipinski definition) is 1. The van der Waals surface area contributed by atoms with Gasteiger partial charge in [-0.05, 0) is 31.5 Å². The first kappa shape index (κ1) is 20.0. The van der Waals surface area contributed by atoms with E-state index >= 15 is 0 Å². The van der Waals surface area contributed by atoms with Crippen LogP contribution in [0.2, 0.25) is 0 Å². The number of nitro benzene ring substituents is 1. The van der Waals surface area contributed by atoms with E-state index in [-0.39, 0.29) is 24.6 Å². The molecule has 0 atom stereocenters. The van der Waals surface area contributed by atoms with Crippen molar-refractivity contribution in [1.82, 2.24) is 4.90 Å². The number of carbonyl (C=O) groups is 2. The number of non-ortho nitro benzene ring substituents is 1. The maximum absolute atomic E-state index is 12.5. The number of carbonyl (C=O) groups excluding carboxylic acids is 2. The molecule has 0 bridgehead atoms. The standard InChI is InChI=1S/C19H21N3O5S/c1-3-27-19(24)17-14-8-9-21(2)11-15(14)28-18(17)20-16(23)10-12-4-6-13(7-5-12)22(25)26/h4-7H,3,8-11H2,1-2H3,(H,20,23). The van der Waals surface area contributed by atoms with Crippen molar-refractivity contribution in [3.63, 3.8) is 0 Å². The molecule has 148 valence electrons. The maximum Gasteiger partial charge on any atom is 0.341 e. The van der Waals surface area contributed by atoms with Gasteiger partial charge in [-0.15, -0.1) is 11.3 Å². The van der Waals surface area contributed by atoms with Gasteiger partial charge in [-0.1, -0.05) is 12.1 Å². The molecular weight excluding hydrogens is 382 g/mol. The van der Waals surface area contributed by atoms with Gasteiger partial charge in [0.05, 0.1) is 23.5 Å². The number of thiophene rings is 1. The summed E-state index contributed by atoms with van der Waals surface area (Å²) in [6.07, 6.45) is 0.789. The third-order valence-electron chi connectivity index (χ3n) is 4.49. The fourth-order valence-corrected chi connectivity index (χ4v) is 4.46. The number of benzene rings is 1. The van der Waals surface area contributed by atoms with Gasteiger partial charge in [0.25, 0.3) is 5.69 Å². The molecule has 1 aromatic heterocycles. The lowest BCUT2D eigenvalue weighted by molar-refractivity contribution is -0.384. The Bertz CT molecular complexity index is 907. The number of amides is 1. The lowest BCUT2D eigenvalue weighted by Crippen LogP contribution is -2.26. The van der Waals surface area contributed by atoms with Crippen LogP contribution in [-0.4, -0.2) is 41.9 Å². The van der Waals surface area contributed by atoms with E-state index in [1.165, 1.54) is 23.5 Å². The molecule has 8 nitrogen and oxygen atoms in total. The first-order valence-electron chi connectivity index (χ1n) is 8.92. The second-order valence-corrected chi connectivity index (χ2v) is 7.67. The van der Waals surface area contributed by atoms with Crippen LogP contribution in [0.5, 0.6) is 0 Å². The molecule has 2 aromatic rings. The van der Waals surface area contributed by atoms with Gasteiger partial charge in [-0.2, -0.15) is 0 Å². The van der Waals surface area contributed by atoms with Crippen molar-refractivity contribution in [1.29, 1.82) is 0 Å². The molecular formula is C19H21N3O5S. The van der Waals surface area contributed by atoms with E-state index < -0.39 is 10.9 Å². The number of nitrogens with zero attached hydrogens (tertiary/aromatic N) is 2. The van der Waals surface area contributed by atoms with Gasteiger partial charge in [0, 0.05) is 30.1 Å². The topological polar surface area (TPSA) is 102 Å². The number of likely N-dealkylation sites (N-methyl/N-ethyl adjacent to an activating group) is 1. The molecule has 9 heteroatoms. The fourth-order valence-electron chi connectivity index (χ4n) is 3.13. The zero-order chi connectivity index (χ0) is 20.3. The Kier molecular flexibility index (Phi) is 6.05. The van der Waals surface area contributed by atoms with Crippen LogP contribution < -0.4 is 5.32 Å². The molecule has 0 radical (unpaired) electrons. The summed E-state index contributed by atoms with van der Waals surface area (Å²) in [5.74, 6) is -0.707. The lowest BCUT2D eigenvalue weighted by Gasteiger charge is -2.22. The quantitative estimate of drug-likeness (QED) is 0.452. The number of rotatable bonds is 6. The predicted octanol–water partition coefficient (Wildman–Crippen LogP) is 3.00. The van der Waals surface area contributed by atoms with Crippen LogP contribution in [0.3, 0.4) is 0 Å². The highest BCUT2D eigenvalue weighted by molar-refractivity contribution is 7.17. The minimum Gasteiger partial charge on any atom is -0.462 e. The highest BCUT2D eigenvalue weighted by Crippen LogP contribution is 2.37. The van der Waals surface area contributed by atoms with Crippen LogP contribution in [-0.2, 0) is 28.9 Å². The second kappa shape index (κ2) is 8.49. The highest BCUT2D eigenvalue weighted by Gasteiger charge is 2.28. The molecule has 0 unspecified atom stereocenters. The molecule has 0 saturated carbocycles. The normalized spacial score (nSPS) is 13.6. The van der Waals surface area contributed by atoms with Crippen molar-refractivity contribution in [3.8, 4) is 0 Å². The first-order chi connectivity index (χ1) is 13.4. The van der Waals surface area contributed by atoms with Crippen molar-refractivity contribution in [2.24, 2.45) is 0 Å². The molecule has 2 heterocycles. The van der Waals surface area contributed by atoms with E-state index in [0.29, 0.717) is 16.1 Å². The van der Waals surface area contributed by atoms with E-state index in [1.54, 1.807) is 19.1 Å². The smallest absolute Gasteiger partial charge is 0.341 e. The number of fused-ring (bicyclic) bond motifs is 1. The Labute approximate surface area is 166 Å². The molecule has 0 fully saturated rings. The number of esters is 1. The molecule has 1 aliphatic heterocycles. The molecule has 1 aliphatic rings. The first-order valence-corrected chi connectivity index (χ1v) is 9.74. The summed E-state index contributed by atoms with van der Waals surface area (Å²) < 4.78 is 5.19. The highest BCUT2D eigenvalue weighted by atomic mass is 32.1. The van der Waals surface area contributed by atoms with Gasteiger partial charge in [0.2, 0.25) is 5.91 Å². The van der Waals surface area contributed by atoms with E-state index in [9.17, 15) is 19.7 Å². The minimum absolute atomic E-state index is 0.0243. The van der Waals surface area contributed by atoms with Crippen molar-refractivity contribution in [2.75, 3.05) is 25.5 Å². The third-order valence-corrected chi connectivity index (χ3v) is 5.62. The van der Waals surface area contributed by atoms with Crippen LogP contribution in [0.25, 0.3) is 0 Å². The Hall–Kier alpha value is -2.78. The Balaban J connectivity index is 1.79. The summed E-state index contributed by atoms with van der Waals surface area (Å²) in [6.45, 7) is 3.58. The zero-order valence-corrected chi connectivity index (χ0v) is 16.5. The average molecular weight is 403 g/mol. The van der Waals surface area contributed by atoms with Gasteiger partial charge in [-0.25, -0.2) is 4.79 Å². The number of hydrogen-bond acceptors (Lipinski definition) is 7. The summed E-state index contributed by atoms with van der Waals surface area (Å²) in [4.78, 5) is 38.5. The monoisotopic (exact) mass is 403 g/mol. The van der Waals surface area contributed by atoms with Gasteiger partial charge in [0.1, 0.15) is 5.00 Å². The summed E-state index contributed by atoms with van der Waals surface area (Å²) >= 11 is 1.40. The van der Waals surface area contributed by atoms with E-state index in [4.69, 9.17) is 4.74 Å². The van der Waals surface area contributed by atoms with Gasteiger partial charge in [0.15, 0.2) is 0 Å². The number of nitrogens with one attached hydrogen (secondary N) is 1. The van der Waals surface area contributed by atoms with Crippen molar-refractivity contribution < 1.29 is 19.2 Å². The number of nitro groups is 1. The molecule has 0 aliphatic carbocycles. The maximum atomic E-state index is 12.5. The van der Waals surface area contributed by atoms with Crippen molar-refractivity contribution in [3.05, 3.63) is 55.9 Å². The molecule has 1 amide bonds. The van der Waals surface area contributed by atoms with E-state index in [2.05, 4.69) is 10.2 Å². The SMILES string of the molecule is CCOC(=O)c1c(NC(=O)Cc2ccc([N+](=O)[O-])cc2)sc2c1CCN(C)C2. The largest absolute Gasteiger partial charge is 0.462 e. The summed E-state index contributed by atoms with van der Waals surface area (Å²) in [6, 6.07) is 5.84. The number of ether oxygens (including phenoxy) is 1. The fraction of sp³-hybridized carbons (Fsp3) is 0.368. The van der Waals surface area contributed by atoms with Crippen molar-refractivity contribution in [2.45, 2.75) is 26.3 Å². The van der Waals surface area contributed by atoms with Gasteiger partial charge < -0.3 is 15.0 Å². The summed E-state index contributed by atoms with van der Waals surface area (Å²) in [5.41, 5.74) is 2.03. The molecule has 1 N–H and O–H groups in total. The van der Waals surface area contributed by atoms with E-state index in [0.717, 1.165) is 30.0 Å². The molecule has 0 saturated heterocycles. The average Bonchev–Trinajstić information content (AvgIpc) is 2.98. The minimum atomic E-state index is -0.483. The Morgan fingerprint density at radius 3 is 2.68 bits per heavy atom. The van der Waals surface area contributed by atoms with Gasteiger partial charge in [-0.3, -0.25) is 14.9 Å². The molecule has 28 heavy (non-hydrogen) atoms. The lowest BCUT2D eigenvalue weighted by atomic mass is 10.0. The Morgan fingerprint density at radius 1 is 1.32 bits per heavy atom. The summed E-state index contributed by atoms with van der Waals surface area (Å²) in [7, 11) is 2.01. The zero-order valence-electron chi connectivity index (χ0n) is 15.7. The predicted molar refractivity (Wildman–Crippen MR) is 106 cm³/mol. The van der Waals surface area contributed by atoms with Crippen LogP contribution in [0.4, 0.5) is 10.7 Å². The van der Waals surface area contributed by atoms with E-state index in [1.807, 2.05) is 7.05 Å². The van der Waals surface area contributed by atoms with Crippen LogP contribution in [0, 0.1) is 10.1 Å².